The Labute approximate surface area is 94.4 Å². The van der Waals surface area contributed by atoms with Gasteiger partial charge in [-0.15, -0.1) is 0 Å². The molecule has 1 atom stereocenters. The minimum Gasteiger partial charge on any atom is -0.324 e. The Kier molecular flexibility index (Phi) is 2.18. The lowest BCUT2D eigenvalue weighted by atomic mass is 10.0. The van der Waals surface area contributed by atoms with Crippen LogP contribution < -0.4 is 5.73 Å². The predicted molar refractivity (Wildman–Crippen MR) is 62.7 cm³/mol. The fraction of sp³-hybridized carbons (Fsp3) is 0.231. The van der Waals surface area contributed by atoms with E-state index in [1.54, 1.807) is 6.33 Å². The average Bonchev–Trinajstić information content (AvgIpc) is 2.72. The Morgan fingerprint density at radius 3 is 2.75 bits per heavy atom. The lowest BCUT2D eigenvalue weighted by Gasteiger charge is -2.06. The molecule has 3 nitrogen and oxygen atoms in total. The standard InChI is InChI=1S/C13H13N3/c14-13-4-2-10-5-9(1-3-12(10)13)11-6-15-8-16-7-11/h1,3,5-8,13H,2,4,14H2. The van der Waals surface area contributed by atoms with Crippen LogP contribution >= 0.6 is 0 Å². The Morgan fingerprint density at radius 1 is 1.12 bits per heavy atom. The molecule has 80 valence electrons. The molecule has 0 fully saturated rings. The molecule has 1 aliphatic carbocycles. The van der Waals surface area contributed by atoms with E-state index in [0.717, 1.165) is 18.4 Å². The van der Waals surface area contributed by atoms with E-state index in [0.29, 0.717) is 0 Å². The van der Waals surface area contributed by atoms with Gasteiger partial charge in [0, 0.05) is 24.0 Å². The predicted octanol–water partition coefficient (Wildman–Crippen LogP) is 2.09. The number of nitrogens with zero attached hydrogens (tertiary/aromatic N) is 2. The summed E-state index contributed by atoms with van der Waals surface area (Å²) in [6, 6.07) is 6.66. The lowest BCUT2D eigenvalue weighted by molar-refractivity contribution is 0.713. The number of hydrogen-bond donors (Lipinski definition) is 1. The van der Waals surface area contributed by atoms with Gasteiger partial charge in [0.1, 0.15) is 6.33 Å². The molecule has 0 amide bonds. The SMILES string of the molecule is NC1CCc2cc(-c3cncnc3)ccc21. The zero-order valence-corrected chi connectivity index (χ0v) is 8.93. The first kappa shape index (κ1) is 9.48. The molecule has 0 bridgehead atoms. The van der Waals surface area contributed by atoms with Crippen LogP contribution in [0.4, 0.5) is 0 Å². The minimum absolute atomic E-state index is 0.219. The van der Waals surface area contributed by atoms with Gasteiger partial charge in [-0.2, -0.15) is 0 Å². The van der Waals surface area contributed by atoms with Crippen molar-refractivity contribution in [2.45, 2.75) is 18.9 Å². The average molecular weight is 211 g/mol. The number of fused-ring (bicyclic) bond motifs is 1. The molecule has 1 aromatic heterocycles. The molecule has 1 heterocycles. The third-order valence-electron chi connectivity index (χ3n) is 3.16. The maximum absolute atomic E-state index is 6.01. The highest BCUT2D eigenvalue weighted by Gasteiger charge is 2.18. The Balaban J connectivity index is 2.06. The topological polar surface area (TPSA) is 51.8 Å². The van der Waals surface area contributed by atoms with E-state index in [1.807, 2.05) is 12.4 Å². The van der Waals surface area contributed by atoms with Crippen molar-refractivity contribution in [3.63, 3.8) is 0 Å². The molecule has 0 saturated heterocycles. The van der Waals surface area contributed by atoms with Crippen LogP contribution in [0, 0.1) is 0 Å². The molecule has 3 heteroatoms. The third-order valence-corrected chi connectivity index (χ3v) is 3.16. The summed E-state index contributed by atoms with van der Waals surface area (Å²) in [5, 5.41) is 0. The molecule has 16 heavy (non-hydrogen) atoms. The molecule has 2 N–H and O–H groups in total. The molecule has 1 aromatic carbocycles. The van der Waals surface area contributed by atoms with Crippen LogP contribution in [0.3, 0.4) is 0 Å². The van der Waals surface area contributed by atoms with Gasteiger partial charge in [0.25, 0.3) is 0 Å². The Hall–Kier alpha value is -1.74. The highest BCUT2D eigenvalue weighted by atomic mass is 14.8. The normalized spacial score (nSPS) is 18.4. The maximum Gasteiger partial charge on any atom is 0.115 e. The van der Waals surface area contributed by atoms with Crippen LogP contribution in [0.2, 0.25) is 0 Å². The first-order valence-electron chi connectivity index (χ1n) is 5.48. The van der Waals surface area contributed by atoms with Crippen LogP contribution in [-0.4, -0.2) is 9.97 Å². The molecule has 0 aliphatic heterocycles. The van der Waals surface area contributed by atoms with Crippen LogP contribution in [0.15, 0.2) is 36.9 Å². The van der Waals surface area contributed by atoms with E-state index in [1.165, 1.54) is 16.7 Å². The summed E-state index contributed by atoms with van der Waals surface area (Å²) in [5.74, 6) is 0. The quantitative estimate of drug-likeness (QED) is 0.785. The number of hydrogen-bond acceptors (Lipinski definition) is 3. The van der Waals surface area contributed by atoms with Crippen LogP contribution in [0.5, 0.6) is 0 Å². The molecule has 2 aromatic rings. The molecule has 1 aliphatic rings. The number of aryl methyl sites for hydroxylation is 1. The summed E-state index contributed by atoms with van der Waals surface area (Å²) in [7, 11) is 0. The van der Waals surface area contributed by atoms with Gasteiger partial charge in [0.15, 0.2) is 0 Å². The molecule has 3 rings (SSSR count). The maximum atomic E-state index is 6.01. The second kappa shape index (κ2) is 3.68. The highest BCUT2D eigenvalue weighted by Crippen LogP contribution is 2.32. The van der Waals surface area contributed by atoms with Crippen molar-refractivity contribution >= 4 is 0 Å². The van der Waals surface area contributed by atoms with Gasteiger partial charge in [0.2, 0.25) is 0 Å². The Morgan fingerprint density at radius 2 is 1.94 bits per heavy atom. The zero-order chi connectivity index (χ0) is 11.0. The second-order valence-electron chi connectivity index (χ2n) is 4.19. The first-order chi connectivity index (χ1) is 7.84. The van der Waals surface area contributed by atoms with Gasteiger partial charge in [-0.05, 0) is 29.5 Å². The molecule has 0 saturated carbocycles. The van der Waals surface area contributed by atoms with Crippen molar-refractivity contribution in [3.05, 3.63) is 48.0 Å². The summed E-state index contributed by atoms with van der Waals surface area (Å²) in [5.41, 5.74) is 10.9. The number of benzene rings is 1. The lowest BCUT2D eigenvalue weighted by Crippen LogP contribution is -2.04. The monoisotopic (exact) mass is 211 g/mol. The third kappa shape index (κ3) is 1.49. The van der Waals surface area contributed by atoms with Crippen molar-refractivity contribution in [2.75, 3.05) is 0 Å². The van der Waals surface area contributed by atoms with Crippen LogP contribution in [-0.2, 0) is 6.42 Å². The van der Waals surface area contributed by atoms with Crippen molar-refractivity contribution in [3.8, 4) is 11.1 Å². The smallest absolute Gasteiger partial charge is 0.115 e. The number of nitrogens with two attached hydrogens (primary N) is 1. The largest absolute Gasteiger partial charge is 0.324 e. The van der Waals surface area contributed by atoms with E-state index in [2.05, 4.69) is 28.2 Å². The van der Waals surface area contributed by atoms with E-state index in [4.69, 9.17) is 5.73 Å². The Bertz CT molecular complexity index is 508. The van der Waals surface area contributed by atoms with Crippen molar-refractivity contribution in [1.82, 2.24) is 9.97 Å². The second-order valence-corrected chi connectivity index (χ2v) is 4.19. The summed E-state index contributed by atoms with van der Waals surface area (Å²) in [6.45, 7) is 0. The van der Waals surface area contributed by atoms with Gasteiger partial charge in [-0.1, -0.05) is 18.2 Å². The molecule has 0 spiro atoms. The summed E-state index contributed by atoms with van der Waals surface area (Å²) in [6.07, 6.45) is 7.36. The fourth-order valence-electron chi connectivity index (χ4n) is 2.28. The van der Waals surface area contributed by atoms with Crippen LogP contribution in [0.25, 0.3) is 11.1 Å². The van der Waals surface area contributed by atoms with Crippen molar-refractivity contribution in [1.29, 1.82) is 0 Å². The van der Waals surface area contributed by atoms with Gasteiger partial charge < -0.3 is 5.73 Å². The van der Waals surface area contributed by atoms with E-state index in [-0.39, 0.29) is 6.04 Å². The van der Waals surface area contributed by atoms with E-state index in [9.17, 15) is 0 Å². The zero-order valence-electron chi connectivity index (χ0n) is 8.93. The van der Waals surface area contributed by atoms with Crippen molar-refractivity contribution in [2.24, 2.45) is 5.73 Å². The first-order valence-corrected chi connectivity index (χ1v) is 5.48. The molecular weight excluding hydrogens is 198 g/mol. The molecule has 1 unspecified atom stereocenters. The summed E-state index contributed by atoms with van der Waals surface area (Å²) >= 11 is 0. The van der Waals surface area contributed by atoms with Crippen LogP contribution in [0.1, 0.15) is 23.6 Å². The molecule has 0 radical (unpaired) electrons. The van der Waals surface area contributed by atoms with Crippen molar-refractivity contribution < 1.29 is 0 Å². The number of aromatic nitrogens is 2. The highest BCUT2D eigenvalue weighted by molar-refractivity contribution is 5.63. The summed E-state index contributed by atoms with van der Waals surface area (Å²) in [4.78, 5) is 8.07. The van der Waals surface area contributed by atoms with Gasteiger partial charge in [0.05, 0.1) is 0 Å². The minimum atomic E-state index is 0.219. The molecular formula is C13H13N3. The van der Waals surface area contributed by atoms with Gasteiger partial charge in [-0.3, -0.25) is 0 Å². The van der Waals surface area contributed by atoms with Gasteiger partial charge in [-0.25, -0.2) is 9.97 Å². The number of rotatable bonds is 1. The van der Waals surface area contributed by atoms with E-state index >= 15 is 0 Å². The van der Waals surface area contributed by atoms with Gasteiger partial charge >= 0.3 is 0 Å². The fourth-order valence-corrected chi connectivity index (χ4v) is 2.28. The van der Waals surface area contributed by atoms with E-state index < -0.39 is 0 Å². The summed E-state index contributed by atoms with van der Waals surface area (Å²) < 4.78 is 0.